The zero-order valence-electron chi connectivity index (χ0n) is 5.95. The van der Waals surface area contributed by atoms with Crippen molar-refractivity contribution >= 4 is 0 Å². The topological polar surface area (TPSA) is 60.7 Å². The second kappa shape index (κ2) is 2.86. The fraction of sp³-hybridized carbons (Fsp3) is 1.00. The van der Waals surface area contributed by atoms with Gasteiger partial charge >= 0.3 is 0 Å². The van der Waals surface area contributed by atoms with Crippen molar-refractivity contribution in [3.05, 3.63) is 0 Å². The maximum atomic E-state index is 9.44. The SMILES string of the molecule is OC[C@]1(O)CCC[C@H](O)C1. The number of aliphatic hydroxyl groups excluding tert-OH is 2. The van der Waals surface area contributed by atoms with E-state index in [0.29, 0.717) is 12.8 Å². The van der Waals surface area contributed by atoms with Crippen LogP contribution in [0, 0.1) is 0 Å². The van der Waals surface area contributed by atoms with Gasteiger partial charge in [-0.25, -0.2) is 0 Å². The van der Waals surface area contributed by atoms with Crippen LogP contribution in [0.5, 0.6) is 0 Å². The highest BCUT2D eigenvalue weighted by Gasteiger charge is 2.32. The van der Waals surface area contributed by atoms with Crippen molar-refractivity contribution in [3.8, 4) is 0 Å². The molecule has 2 atom stereocenters. The molecule has 0 aromatic rings. The summed E-state index contributed by atoms with van der Waals surface area (Å²) in [5, 5.41) is 27.3. The number of aliphatic hydroxyl groups is 3. The molecule has 10 heavy (non-hydrogen) atoms. The van der Waals surface area contributed by atoms with Crippen molar-refractivity contribution in [1.29, 1.82) is 0 Å². The predicted molar refractivity (Wildman–Crippen MR) is 36.5 cm³/mol. The van der Waals surface area contributed by atoms with Crippen molar-refractivity contribution in [1.82, 2.24) is 0 Å². The molecule has 0 spiro atoms. The lowest BCUT2D eigenvalue weighted by Crippen LogP contribution is -2.40. The average molecular weight is 146 g/mol. The molecule has 0 amide bonds. The van der Waals surface area contributed by atoms with Gasteiger partial charge in [0.15, 0.2) is 0 Å². The van der Waals surface area contributed by atoms with Crippen molar-refractivity contribution in [2.75, 3.05) is 6.61 Å². The van der Waals surface area contributed by atoms with E-state index in [2.05, 4.69) is 0 Å². The highest BCUT2D eigenvalue weighted by molar-refractivity contribution is 4.85. The fourth-order valence-electron chi connectivity index (χ4n) is 1.45. The zero-order chi connectivity index (χ0) is 7.61. The van der Waals surface area contributed by atoms with Crippen LogP contribution in [0.4, 0.5) is 0 Å². The third kappa shape index (κ3) is 1.68. The standard InChI is InChI=1S/C7H14O3/c8-5-7(10)3-1-2-6(9)4-7/h6,8-10H,1-5H2/t6-,7-/m0/s1. The molecule has 1 aliphatic rings. The Morgan fingerprint density at radius 1 is 1.50 bits per heavy atom. The van der Waals surface area contributed by atoms with E-state index >= 15 is 0 Å². The Morgan fingerprint density at radius 2 is 2.20 bits per heavy atom. The van der Waals surface area contributed by atoms with Gasteiger partial charge in [0.25, 0.3) is 0 Å². The molecule has 1 saturated carbocycles. The molecule has 0 aromatic heterocycles. The summed E-state index contributed by atoms with van der Waals surface area (Å²) in [6.07, 6.45) is 2.07. The summed E-state index contributed by atoms with van der Waals surface area (Å²) in [5.74, 6) is 0. The van der Waals surface area contributed by atoms with Gasteiger partial charge in [-0.1, -0.05) is 0 Å². The summed E-state index contributed by atoms with van der Waals surface area (Å²) in [7, 11) is 0. The molecule has 1 rings (SSSR count). The lowest BCUT2D eigenvalue weighted by molar-refractivity contribution is -0.0771. The van der Waals surface area contributed by atoms with Crippen LogP contribution >= 0.6 is 0 Å². The minimum Gasteiger partial charge on any atom is -0.393 e. The Hall–Kier alpha value is -0.120. The normalized spacial score (nSPS) is 41.7. The average Bonchev–Trinajstić information content (AvgIpc) is 1.88. The molecular weight excluding hydrogens is 132 g/mol. The molecule has 60 valence electrons. The van der Waals surface area contributed by atoms with E-state index in [-0.39, 0.29) is 6.61 Å². The Labute approximate surface area is 60.3 Å². The fourth-order valence-corrected chi connectivity index (χ4v) is 1.45. The predicted octanol–water partition coefficient (Wildman–Crippen LogP) is -0.355. The first kappa shape index (κ1) is 7.98. The molecule has 0 aliphatic heterocycles. The van der Waals surface area contributed by atoms with E-state index in [1.165, 1.54) is 0 Å². The third-order valence-corrected chi connectivity index (χ3v) is 2.09. The summed E-state index contributed by atoms with van der Waals surface area (Å²) in [6, 6.07) is 0. The Kier molecular flexibility index (Phi) is 2.28. The maximum absolute atomic E-state index is 9.44. The summed E-state index contributed by atoms with van der Waals surface area (Å²) >= 11 is 0. The van der Waals surface area contributed by atoms with Crippen LogP contribution in [-0.2, 0) is 0 Å². The minimum atomic E-state index is -1.00. The van der Waals surface area contributed by atoms with Crippen molar-refractivity contribution in [3.63, 3.8) is 0 Å². The lowest BCUT2D eigenvalue weighted by Gasteiger charge is -2.32. The van der Waals surface area contributed by atoms with Crippen LogP contribution in [0.15, 0.2) is 0 Å². The van der Waals surface area contributed by atoms with Gasteiger partial charge < -0.3 is 15.3 Å². The Bertz CT molecular complexity index is 115. The highest BCUT2D eigenvalue weighted by atomic mass is 16.3. The molecule has 0 aromatic carbocycles. The molecule has 0 unspecified atom stereocenters. The first-order valence-corrected chi connectivity index (χ1v) is 3.68. The molecule has 1 fully saturated rings. The van der Waals surface area contributed by atoms with Crippen molar-refractivity contribution < 1.29 is 15.3 Å². The smallest absolute Gasteiger partial charge is 0.0902 e. The molecule has 3 nitrogen and oxygen atoms in total. The van der Waals surface area contributed by atoms with Crippen LogP contribution in [0.2, 0.25) is 0 Å². The van der Waals surface area contributed by atoms with E-state index < -0.39 is 11.7 Å². The van der Waals surface area contributed by atoms with Crippen LogP contribution in [0.25, 0.3) is 0 Å². The minimum absolute atomic E-state index is 0.232. The molecule has 1 aliphatic carbocycles. The lowest BCUT2D eigenvalue weighted by atomic mass is 9.84. The van der Waals surface area contributed by atoms with Gasteiger partial charge in [-0.05, 0) is 19.3 Å². The van der Waals surface area contributed by atoms with Gasteiger partial charge in [0.1, 0.15) is 0 Å². The molecule has 0 bridgehead atoms. The van der Waals surface area contributed by atoms with E-state index in [0.717, 1.165) is 12.8 Å². The van der Waals surface area contributed by atoms with Crippen LogP contribution < -0.4 is 0 Å². The first-order chi connectivity index (χ1) is 4.66. The summed E-state index contributed by atoms with van der Waals surface area (Å²) in [5.41, 5.74) is -1.00. The van der Waals surface area contributed by atoms with Crippen LogP contribution in [0.3, 0.4) is 0 Å². The van der Waals surface area contributed by atoms with Gasteiger partial charge in [0, 0.05) is 6.42 Å². The molecule has 3 N–H and O–H groups in total. The third-order valence-electron chi connectivity index (χ3n) is 2.09. The quantitative estimate of drug-likeness (QED) is 0.473. The summed E-state index contributed by atoms with van der Waals surface area (Å²) in [6.45, 7) is -0.232. The number of rotatable bonds is 1. The van der Waals surface area contributed by atoms with Gasteiger partial charge in [-0.15, -0.1) is 0 Å². The van der Waals surface area contributed by atoms with Gasteiger partial charge in [0.05, 0.1) is 18.3 Å². The van der Waals surface area contributed by atoms with Gasteiger partial charge in [0.2, 0.25) is 0 Å². The number of hydrogen-bond donors (Lipinski definition) is 3. The van der Waals surface area contributed by atoms with Crippen LogP contribution in [0.1, 0.15) is 25.7 Å². The van der Waals surface area contributed by atoms with E-state index in [9.17, 15) is 5.11 Å². The molecule has 0 saturated heterocycles. The summed E-state index contributed by atoms with van der Waals surface area (Å²) in [4.78, 5) is 0. The molecule has 3 heteroatoms. The van der Waals surface area contributed by atoms with Crippen LogP contribution in [-0.4, -0.2) is 33.6 Å². The Morgan fingerprint density at radius 3 is 2.60 bits per heavy atom. The second-order valence-electron chi connectivity index (χ2n) is 3.13. The van der Waals surface area contributed by atoms with Gasteiger partial charge in [-0.2, -0.15) is 0 Å². The highest BCUT2D eigenvalue weighted by Crippen LogP contribution is 2.27. The molecular formula is C7H14O3. The number of hydrogen-bond acceptors (Lipinski definition) is 3. The largest absolute Gasteiger partial charge is 0.393 e. The maximum Gasteiger partial charge on any atom is 0.0902 e. The Balaban J connectivity index is 2.45. The summed E-state index contributed by atoms with van der Waals surface area (Å²) < 4.78 is 0. The van der Waals surface area contributed by atoms with Gasteiger partial charge in [-0.3, -0.25) is 0 Å². The van der Waals surface area contributed by atoms with E-state index in [4.69, 9.17) is 10.2 Å². The van der Waals surface area contributed by atoms with Crippen molar-refractivity contribution in [2.45, 2.75) is 37.4 Å². The van der Waals surface area contributed by atoms with Crippen molar-refractivity contribution in [2.24, 2.45) is 0 Å². The second-order valence-corrected chi connectivity index (χ2v) is 3.13. The molecule has 0 radical (unpaired) electrons. The van der Waals surface area contributed by atoms with E-state index in [1.54, 1.807) is 0 Å². The first-order valence-electron chi connectivity index (χ1n) is 3.68. The zero-order valence-corrected chi connectivity index (χ0v) is 5.95. The monoisotopic (exact) mass is 146 g/mol. The van der Waals surface area contributed by atoms with E-state index in [1.807, 2.05) is 0 Å². The molecule has 0 heterocycles.